The van der Waals surface area contributed by atoms with Crippen LogP contribution in [0.25, 0.3) is 0 Å². The molecule has 2 heterocycles. The van der Waals surface area contributed by atoms with Crippen molar-refractivity contribution >= 4 is 42.1 Å². The lowest BCUT2D eigenvalue weighted by Gasteiger charge is -1.96. The molecule has 0 saturated carbocycles. The third kappa shape index (κ3) is 1.47. The number of thiophene rings is 1. The van der Waals surface area contributed by atoms with Gasteiger partial charge in [-0.3, -0.25) is 0 Å². The van der Waals surface area contributed by atoms with Gasteiger partial charge in [-0.05, 0) is 35.0 Å². The molecule has 1 aromatic rings. The zero-order valence-electron chi connectivity index (χ0n) is 7.19. The molecule has 0 saturated heterocycles. The second-order valence-corrected chi connectivity index (χ2v) is 7.28. The lowest BCUT2D eigenvalue weighted by Crippen LogP contribution is -2.10. The number of nitrogens with zero attached hydrogens (tertiary/aromatic N) is 1. The van der Waals surface area contributed by atoms with Gasteiger partial charge in [0.2, 0.25) is 9.84 Å². The zero-order valence-corrected chi connectivity index (χ0v) is 10.4. The first-order valence-electron chi connectivity index (χ1n) is 3.77. The normalized spacial score (nSPS) is 19.3. The molecule has 1 aromatic heterocycles. The molecule has 0 amide bonds. The van der Waals surface area contributed by atoms with Crippen LogP contribution in [-0.2, 0) is 9.84 Å². The van der Waals surface area contributed by atoms with E-state index in [1.165, 1.54) is 17.5 Å². The van der Waals surface area contributed by atoms with Crippen LogP contribution in [0.15, 0.2) is 27.1 Å². The molecule has 0 unspecified atom stereocenters. The minimum atomic E-state index is -3.37. The van der Waals surface area contributed by atoms with Crippen molar-refractivity contribution in [3.63, 3.8) is 0 Å². The van der Waals surface area contributed by atoms with Crippen LogP contribution in [0.1, 0.15) is 9.75 Å². The van der Waals surface area contributed by atoms with Gasteiger partial charge in [0, 0.05) is 4.88 Å². The van der Waals surface area contributed by atoms with Gasteiger partial charge in [0.15, 0.2) is 5.04 Å². The van der Waals surface area contributed by atoms with Crippen LogP contribution >= 0.6 is 27.3 Å². The topological polar surface area (TPSA) is 46.5 Å². The van der Waals surface area contributed by atoms with Crippen LogP contribution in [0.3, 0.4) is 0 Å². The molecule has 74 valence electrons. The molecule has 0 N–H and O–H groups in total. The first-order valence-corrected chi connectivity index (χ1v) is 6.86. The fraction of sp³-hybridized carbons (Fsp3) is 0.125. The predicted molar refractivity (Wildman–Crippen MR) is 61.5 cm³/mol. The Kier molecular flexibility index (Phi) is 2.36. The van der Waals surface area contributed by atoms with Gasteiger partial charge in [0.25, 0.3) is 0 Å². The third-order valence-corrected chi connectivity index (χ3v) is 5.82. The molecule has 0 radical (unpaired) electrons. The van der Waals surface area contributed by atoms with E-state index in [0.29, 0.717) is 4.88 Å². The van der Waals surface area contributed by atoms with Gasteiger partial charge in [-0.25, -0.2) is 13.4 Å². The van der Waals surface area contributed by atoms with Gasteiger partial charge in [-0.2, -0.15) is 0 Å². The van der Waals surface area contributed by atoms with E-state index < -0.39 is 9.84 Å². The monoisotopic (exact) mass is 291 g/mol. The Morgan fingerprint density at radius 1 is 1.43 bits per heavy atom. The Labute approximate surface area is 94.2 Å². The summed E-state index contributed by atoms with van der Waals surface area (Å²) in [6, 6.07) is 3.65. The highest BCUT2D eigenvalue weighted by molar-refractivity contribution is 9.14. The fourth-order valence-corrected chi connectivity index (χ4v) is 3.76. The smallest absolute Gasteiger partial charge is 0.233 e. The van der Waals surface area contributed by atoms with Gasteiger partial charge in [-0.1, -0.05) is 0 Å². The minimum absolute atomic E-state index is 0.131. The number of halogens is 1. The Bertz CT molecular complexity index is 539. The minimum Gasteiger partial charge on any atom is -0.241 e. The molecule has 0 spiro atoms. The number of sulfone groups is 1. The Balaban J connectivity index is 2.51. The average molecular weight is 292 g/mol. The zero-order chi connectivity index (χ0) is 10.3. The van der Waals surface area contributed by atoms with Crippen LogP contribution in [-0.4, -0.2) is 13.5 Å². The van der Waals surface area contributed by atoms with Crippen LogP contribution in [0, 0.1) is 6.92 Å². The lowest BCUT2D eigenvalue weighted by atomic mass is 10.4. The second-order valence-electron chi connectivity index (χ2n) is 2.78. The van der Waals surface area contributed by atoms with E-state index >= 15 is 0 Å². The SMILES string of the molecule is Cc1ccc(C2=NC=C(Br)S2(=O)=O)s1. The summed E-state index contributed by atoms with van der Waals surface area (Å²) in [5, 5.41) is 0.141. The van der Waals surface area contributed by atoms with Crippen LogP contribution in [0.2, 0.25) is 0 Å². The molecular weight excluding hydrogens is 286 g/mol. The highest BCUT2D eigenvalue weighted by Crippen LogP contribution is 2.29. The van der Waals surface area contributed by atoms with Crippen molar-refractivity contribution in [2.75, 3.05) is 0 Å². The first-order chi connectivity index (χ1) is 6.51. The Hall–Kier alpha value is -0.460. The first kappa shape index (κ1) is 10.1. The summed E-state index contributed by atoms with van der Waals surface area (Å²) in [4.78, 5) is 5.64. The maximum Gasteiger partial charge on any atom is 0.233 e. The number of hydrogen-bond donors (Lipinski definition) is 0. The van der Waals surface area contributed by atoms with Crippen molar-refractivity contribution in [2.45, 2.75) is 6.92 Å². The van der Waals surface area contributed by atoms with Crippen molar-refractivity contribution in [3.05, 3.63) is 31.9 Å². The van der Waals surface area contributed by atoms with Gasteiger partial charge in [-0.15, -0.1) is 11.3 Å². The summed E-state index contributed by atoms with van der Waals surface area (Å²) in [5.41, 5.74) is 0. The quantitative estimate of drug-likeness (QED) is 0.798. The number of rotatable bonds is 1. The average Bonchev–Trinajstić information content (AvgIpc) is 2.60. The maximum atomic E-state index is 11.7. The number of hydrogen-bond acceptors (Lipinski definition) is 4. The Morgan fingerprint density at radius 3 is 2.57 bits per heavy atom. The summed E-state index contributed by atoms with van der Waals surface area (Å²) < 4.78 is 23.5. The third-order valence-electron chi connectivity index (χ3n) is 1.75. The molecule has 0 aliphatic carbocycles. The summed E-state index contributed by atoms with van der Waals surface area (Å²) >= 11 is 4.39. The standard InChI is InChI=1S/C8H6BrNO2S2/c1-5-2-3-6(13-5)8-10-4-7(9)14(8,11)12/h2-4H,1H3. The Morgan fingerprint density at radius 2 is 2.14 bits per heavy atom. The van der Waals surface area contributed by atoms with Crippen molar-refractivity contribution in [3.8, 4) is 0 Å². The molecule has 2 rings (SSSR count). The van der Waals surface area contributed by atoms with Crippen molar-refractivity contribution in [1.82, 2.24) is 0 Å². The largest absolute Gasteiger partial charge is 0.241 e. The molecule has 14 heavy (non-hydrogen) atoms. The second kappa shape index (κ2) is 3.29. The highest BCUT2D eigenvalue weighted by Gasteiger charge is 2.29. The van der Waals surface area contributed by atoms with Gasteiger partial charge in [0.05, 0.1) is 11.1 Å². The molecule has 1 aliphatic heterocycles. The maximum absolute atomic E-state index is 11.7. The van der Waals surface area contributed by atoms with E-state index in [-0.39, 0.29) is 8.86 Å². The van der Waals surface area contributed by atoms with Crippen LogP contribution in [0.4, 0.5) is 0 Å². The summed E-state index contributed by atoms with van der Waals surface area (Å²) in [6.45, 7) is 1.93. The fourth-order valence-electron chi connectivity index (χ4n) is 1.09. The van der Waals surface area contributed by atoms with Gasteiger partial charge in [0.1, 0.15) is 3.81 Å². The molecular formula is C8H6BrNO2S2. The van der Waals surface area contributed by atoms with Crippen molar-refractivity contribution in [2.24, 2.45) is 4.99 Å². The molecule has 6 heteroatoms. The van der Waals surface area contributed by atoms with E-state index in [1.807, 2.05) is 13.0 Å². The number of aliphatic imine (C=N–C) groups is 1. The summed E-state index contributed by atoms with van der Waals surface area (Å²) in [5.74, 6) is 0. The predicted octanol–water partition coefficient (Wildman–Crippen LogP) is 2.43. The highest BCUT2D eigenvalue weighted by atomic mass is 79.9. The molecule has 1 aliphatic rings. The van der Waals surface area contributed by atoms with E-state index in [2.05, 4.69) is 20.9 Å². The molecule has 0 atom stereocenters. The van der Waals surface area contributed by atoms with E-state index in [9.17, 15) is 8.42 Å². The van der Waals surface area contributed by atoms with Crippen molar-refractivity contribution in [1.29, 1.82) is 0 Å². The lowest BCUT2D eigenvalue weighted by molar-refractivity contribution is 0.615. The molecule has 0 bridgehead atoms. The van der Waals surface area contributed by atoms with Crippen LogP contribution in [0.5, 0.6) is 0 Å². The van der Waals surface area contributed by atoms with Gasteiger partial charge < -0.3 is 0 Å². The van der Waals surface area contributed by atoms with Crippen molar-refractivity contribution < 1.29 is 8.42 Å². The van der Waals surface area contributed by atoms with E-state index in [1.54, 1.807) is 6.07 Å². The summed E-state index contributed by atoms with van der Waals surface area (Å²) in [6.07, 6.45) is 1.32. The van der Waals surface area contributed by atoms with E-state index in [4.69, 9.17) is 0 Å². The van der Waals surface area contributed by atoms with Crippen LogP contribution < -0.4 is 0 Å². The molecule has 3 nitrogen and oxygen atoms in total. The van der Waals surface area contributed by atoms with E-state index in [0.717, 1.165) is 4.88 Å². The van der Waals surface area contributed by atoms with Gasteiger partial charge >= 0.3 is 0 Å². The summed E-state index contributed by atoms with van der Waals surface area (Å²) in [7, 11) is -3.37. The molecule has 0 aromatic carbocycles. The molecule has 0 fully saturated rings. The number of aryl methyl sites for hydroxylation is 1.